The summed E-state index contributed by atoms with van der Waals surface area (Å²) >= 11 is 0. The van der Waals surface area contributed by atoms with Crippen molar-refractivity contribution in [3.05, 3.63) is 72.3 Å². The molecule has 0 saturated carbocycles. The fraction of sp³-hybridized carbons (Fsp3) is 0.176. The molecule has 0 aliphatic carbocycles. The van der Waals surface area contributed by atoms with Gasteiger partial charge in [-0.3, -0.25) is 0 Å². The molecule has 142 valence electrons. The topological polar surface area (TPSA) is 111 Å². The molecule has 2 aromatic carbocycles. The van der Waals surface area contributed by atoms with Crippen LogP contribution in [0.3, 0.4) is 0 Å². The lowest BCUT2D eigenvalue weighted by atomic mass is 10.1. The summed E-state index contributed by atoms with van der Waals surface area (Å²) in [4.78, 5) is 3.40. The van der Waals surface area contributed by atoms with Crippen LogP contribution in [0.2, 0.25) is 0 Å². The van der Waals surface area contributed by atoms with Crippen molar-refractivity contribution in [2.75, 3.05) is 6.26 Å². The van der Waals surface area contributed by atoms with E-state index in [0.717, 1.165) is 17.4 Å². The van der Waals surface area contributed by atoms with Crippen LogP contribution in [0.25, 0.3) is 0 Å². The van der Waals surface area contributed by atoms with Gasteiger partial charge in [-0.1, -0.05) is 36.4 Å². The standard InChI is InChI=1S/C17H18N4O4S2/c1-26(22,23)16-8-4-5-9-17(16)27(24,25)20-10-14-6-2-3-7-15(14)11-21-13-18-12-19-21/h2-9,12-13,20H,10-11H2,1H3. The molecule has 0 radical (unpaired) electrons. The van der Waals surface area contributed by atoms with Crippen LogP contribution in [0, 0.1) is 0 Å². The summed E-state index contributed by atoms with van der Waals surface area (Å²) in [5.41, 5.74) is 1.63. The lowest BCUT2D eigenvalue weighted by Gasteiger charge is -2.13. The van der Waals surface area contributed by atoms with Crippen molar-refractivity contribution in [2.24, 2.45) is 0 Å². The van der Waals surface area contributed by atoms with Gasteiger partial charge in [0.15, 0.2) is 9.84 Å². The fourth-order valence-corrected chi connectivity index (χ4v) is 5.24. The Balaban J connectivity index is 1.86. The molecule has 10 heteroatoms. The van der Waals surface area contributed by atoms with Gasteiger partial charge < -0.3 is 0 Å². The molecule has 0 atom stereocenters. The number of nitrogens with zero attached hydrogens (tertiary/aromatic N) is 3. The van der Waals surface area contributed by atoms with Crippen molar-refractivity contribution in [1.29, 1.82) is 0 Å². The van der Waals surface area contributed by atoms with Crippen LogP contribution in [0.4, 0.5) is 0 Å². The van der Waals surface area contributed by atoms with E-state index in [9.17, 15) is 16.8 Å². The molecule has 0 aliphatic rings. The van der Waals surface area contributed by atoms with Crippen molar-refractivity contribution in [1.82, 2.24) is 19.5 Å². The summed E-state index contributed by atoms with van der Waals surface area (Å²) in [5, 5.41) is 4.05. The first-order valence-corrected chi connectivity index (χ1v) is 11.3. The number of hydrogen-bond donors (Lipinski definition) is 1. The third-order valence-electron chi connectivity index (χ3n) is 3.91. The molecule has 1 N–H and O–H groups in total. The Labute approximate surface area is 157 Å². The molecule has 3 rings (SSSR count). The molecule has 8 nitrogen and oxygen atoms in total. The zero-order valence-corrected chi connectivity index (χ0v) is 16.1. The van der Waals surface area contributed by atoms with Crippen LogP contribution < -0.4 is 4.72 Å². The first-order valence-electron chi connectivity index (χ1n) is 7.95. The molecule has 0 fully saturated rings. The first kappa shape index (κ1) is 19.2. The Kier molecular flexibility index (Phi) is 5.40. The minimum Gasteiger partial charge on any atom is -0.249 e. The second-order valence-corrected chi connectivity index (χ2v) is 9.62. The molecular formula is C17H18N4O4S2. The van der Waals surface area contributed by atoms with Crippen molar-refractivity contribution in [3.8, 4) is 0 Å². The van der Waals surface area contributed by atoms with Crippen molar-refractivity contribution in [2.45, 2.75) is 22.9 Å². The normalized spacial score (nSPS) is 12.2. The first-order chi connectivity index (χ1) is 12.8. The van der Waals surface area contributed by atoms with E-state index in [-0.39, 0.29) is 16.3 Å². The highest BCUT2D eigenvalue weighted by Crippen LogP contribution is 2.21. The van der Waals surface area contributed by atoms with Crippen LogP contribution in [-0.2, 0) is 33.0 Å². The maximum atomic E-state index is 12.7. The summed E-state index contributed by atoms with van der Waals surface area (Å²) < 4.78 is 53.3. The molecular weight excluding hydrogens is 388 g/mol. The summed E-state index contributed by atoms with van der Waals surface area (Å²) in [5.74, 6) is 0. The monoisotopic (exact) mass is 406 g/mol. The molecule has 0 bridgehead atoms. The molecule has 1 aromatic heterocycles. The predicted octanol–water partition coefficient (Wildman–Crippen LogP) is 1.21. The number of hydrogen-bond acceptors (Lipinski definition) is 6. The maximum absolute atomic E-state index is 12.7. The van der Waals surface area contributed by atoms with E-state index in [1.165, 1.54) is 30.6 Å². The highest BCUT2D eigenvalue weighted by atomic mass is 32.2. The highest BCUT2D eigenvalue weighted by Gasteiger charge is 2.23. The molecule has 0 saturated heterocycles. The summed E-state index contributed by atoms with van der Waals surface area (Å²) in [7, 11) is -7.69. The predicted molar refractivity (Wildman–Crippen MR) is 99.1 cm³/mol. The van der Waals surface area contributed by atoms with E-state index in [1.54, 1.807) is 23.1 Å². The van der Waals surface area contributed by atoms with Gasteiger partial charge in [-0.15, -0.1) is 0 Å². The number of nitrogens with one attached hydrogen (secondary N) is 1. The second-order valence-electron chi connectivity index (χ2n) is 5.91. The largest absolute Gasteiger partial charge is 0.249 e. The zero-order valence-electron chi connectivity index (χ0n) is 14.5. The van der Waals surface area contributed by atoms with Crippen LogP contribution in [0.1, 0.15) is 11.1 Å². The Bertz CT molecular complexity index is 1140. The Morgan fingerprint density at radius 3 is 2.19 bits per heavy atom. The average Bonchev–Trinajstić information content (AvgIpc) is 3.13. The Morgan fingerprint density at radius 1 is 0.926 bits per heavy atom. The number of aromatic nitrogens is 3. The van der Waals surface area contributed by atoms with Crippen molar-refractivity contribution in [3.63, 3.8) is 0 Å². The van der Waals surface area contributed by atoms with Gasteiger partial charge in [0, 0.05) is 12.8 Å². The van der Waals surface area contributed by atoms with Gasteiger partial charge in [0.1, 0.15) is 17.6 Å². The van der Waals surface area contributed by atoms with Crippen LogP contribution >= 0.6 is 0 Å². The zero-order chi connectivity index (χ0) is 19.5. The van der Waals surface area contributed by atoms with Gasteiger partial charge in [0.25, 0.3) is 0 Å². The number of rotatable bonds is 7. The van der Waals surface area contributed by atoms with Gasteiger partial charge in [0.05, 0.1) is 11.4 Å². The van der Waals surface area contributed by atoms with Crippen molar-refractivity contribution < 1.29 is 16.8 Å². The Morgan fingerprint density at radius 2 is 1.56 bits per heavy atom. The van der Waals surface area contributed by atoms with E-state index in [4.69, 9.17) is 0 Å². The molecule has 0 aliphatic heterocycles. The van der Waals surface area contributed by atoms with E-state index in [2.05, 4.69) is 14.8 Å². The second kappa shape index (κ2) is 7.59. The van der Waals surface area contributed by atoms with Gasteiger partial charge in [-0.05, 0) is 23.3 Å². The van der Waals surface area contributed by atoms with E-state index in [1.807, 2.05) is 12.1 Å². The minimum atomic E-state index is -4.01. The smallest absolute Gasteiger partial charge is 0.242 e. The van der Waals surface area contributed by atoms with Crippen LogP contribution in [0.15, 0.2) is 71.0 Å². The van der Waals surface area contributed by atoms with E-state index >= 15 is 0 Å². The SMILES string of the molecule is CS(=O)(=O)c1ccccc1S(=O)(=O)NCc1ccccc1Cn1cncn1. The van der Waals surface area contributed by atoms with Gasteiger partial charge in [-0.25, -0.2) is 31.2 Å². The molecule has 3 aromatic rings. The van der Waals surface area contributed by atoms with Gasteiger partial charge >= 0.3 is 0 Å². The maximum Gasteiger partial charge on any atom is 0.242 e. The molecule has 0 spiro atoms. The minimum absolute atomic E-state index is 0.0191. The summed E-state index contributed by atoms with van der Waals surface area (Å²) in [6.07, 6.45) is 3.98. The van der Waals surface area contributed by atoms with E-state index in [0.29, 0.717) is 6.54 Å². The number of sulfone groups is 1. The number of sulfonamides is 1. The third-order valence-corrected chi connectivity index (χ3v) is 6.65. The van der Waals surface area contributed by atoms with Crippen LogP contribution in [0.5, 0.6) is 0 Å². The molecule has 0 unspecified atom stereocenters. The lowest BCUT2D eigenvalue weighted by molar-refractivity contribution is 0.573. The number of benzene rings is 2. The molecule has 27 heavy (non-hydrogen) atoms. The van der Waals surface area contributed by atoms with Gasteiger partial charge in [0.2, 0.25) is 10.0 Å². The van der Waals surface area contributed by atoms with Gasteiger partial charge in [-0.2, -0.15) is 5.10 Å². The fourth-order valence-electron chi connectivity index (χ4n) is 2.60. The summed E-state index contributed by atoms with van der Waals surface area (Å²) in [6.45, 7) is 0.461. The lowest BCUT2D eigenvalue weighted by Crippen LogP contribution is -2.25. The third kappa shape index (κ3) is 4.59. The van der Waals surface area contributed by atoms with Crippen molar-refractivity contribution >= 4 is 19.9 Å². The molecule has 0 amide bonds. The van der Waals surface area contributed by atoms with Crippen LogP contribution in [-0.4, -0.2) is 37.9 Å². The molecule has 1 heterocycles. The quantitative estimate of drug-likeness (QED) is 0.631. The van der Waals surface area contributed by atoms with E-state index < -0.39 is 19.9 Å². The average molecular weight is 406 g/mol. The Hall–Kier alpha value is -2.56. The highest BCUT2D eigenvalue weighted by molar-refractivity contribution is 7.93. The summed E-state index contributed by atoms with van der Waals surface area (Å²) in [6, 6.07) is 12.9.